The summed E-state index contributed by atoms with van der Waals surface area (Å²) in [5, 5.41) is 9.63. The molecule has 0 saturated carbocycles. The third-order valence-electron chi connectivity index (χ3n) is 2.18. The maximum Gasteiger partial charge on any atom is 0.120 e. The zero-order valence-electron chi connectivity index (χ0n) is 10.1. The second-order valence-corrected chi connectivity index (χ2v) is 5.36. The molecule has 1 aromatic rings. The molecule has 0 aromatic heterocycles. The van der Waals surface area contributed by atoms with Crippen LogP contribution in [0.15, 0.2) is 24.3 Å². The van der Waals surface area contributed by atoms with Gasteiger partial charge in [-0.25, -0.2) is 0 Å². The Morgan fingerprint density at radius 1 is 1.20 bits per heavy atom. The minimum atomic E-state index is 0.291. The fourth-order valence-electron chi connectivity index (χ4n) is 1.80. The first kappa shape index (κ1) is 12.1. The van der Waals surface area contributed by atoms with Crippen LogP contribution in [0.4, 0.5) is 0 Å². The van der Waals surface area contributed by atoms with Crippen LogP contribution in [0.25, 0.3) is 0 Å². The first-order valence-electron chi connectivity index (χ1n) is 5.34. The second-order valence-electron chi connectivity index (χ2n) is 5.36. The minimum Gasteiger partial charge on any atom is -0.508 e. The molecule has 15 heavy (non-hydrogen) atoms. The summed E-state index contributed by atoms with van der Waals surface area (Å²) in [7, 11) is 2.08. The number of nitrogens with zero attached hydrogens (tertiary/aromatic N) is 1. The molecule has 1 N–H and O–H groups in total. The summed E-state index contributed by atoms with van der Waals surface area (Å²) in [6.45, 7) is 8.46. The van der Waals surface area contributed by atoms with E-state index >= 15 is 0 Å². The van der Waals surface area contributed by atoms with Crippen LogP contribution in [0.3, 0.4) is 0 Å². The molecular formula is C13H21NO. The Morgan fingerprint density at radius 3 is 2.33 bits per heavy atom. The van der Waals surface area contributed by atoms with Gasteiger partial charge in [-0.3, -0.25) is 0 Å². The van der Waals surface area contributed by atoms with Crippen LogP contribution in [0.2, 0.25) is 0 Å². The highest BCUT2D eigenvalue weighted by Gasteiger charge is 2.14. The number of hydrogen-bond donors (Lipinski definition) is 1. The Morgan fingerprint density at radius 2 is 1.80 bits per heavy atom. The maximum absolute atomic E-state index is 9.63. The first-order valence-corrected chi connectivity index (χ1v) is 5.34. The number of phenols is 1. The monoisotopic (exact) mass is 207 g/mol. The van der Waals surface area contributed by atoms with Gasteiger partial charge in [0.1, 0.15) is 5.75 Å². The van der Waals surface area contributed by atoms with Crippen LogP contribution >= 0.6 is 0 Å². The normalized spacial score (nSPS) is 12.1. The number of benzene rings is 1. The van der Waals surface area contributed by atoms with Gasteiger partial charge in [0.25, 0.3) is 0 Å². The molecule has 0 saturated heterocycles. The van der Waals surface area contributed by atoms with Crippen molar-refractivity contribution < 1.29 is 5.11 Å². The van der Waals surface area contributed by atoms with Gasteiger partial charge in [0, 0.05) is 18.7 Å². The zero-order chi connectivity index (χ0) is 11.5. The summed E-state index contributed by atoms with van der Waals surface area (Å²) < 4.78 is 0. The van der Waals surface area contributed by atoms with E-state index in [2.05, 4.69) is 32.7 Å². The molecule has 0 atom stereocenters. The number of hydrogen-bond acceptors (Lipinski definition) is 2. The first-order chi connectivity index (χ1) is 6.88. The number of para-hydroxylation sites is 1. The zero-order valence-corrected chi connectivity index (χ0v) is 10.1. The largest absolute Gasteiger partial charge is 0.508 e. The van der Waals surface area contributed by atoms with E-state index in [-0.39, 0.29) is 0 Å². The SMILES string of the molecule is CN(Cc1ccccc1O)CC(C)(C)C. The number of aromatic hydroxyl groups is 1. The maximum atomic E-state index is 9.63. The molecule has 2 nitrogen and oxygen atoms in total. The molecule has 0 bridgehead atoms. The standard InChI is InChI=1S/C13H21NO/c1-13(2,3)10-14(4)9-11-7-5-6-8-12(11)15/h5-8,15H,9-10H2,1-4H3. The smallest absolute Gasteiger partial charge is 0.120 e. The lowest BCUT2D eigenvalue weighted by molar-refractivity contribution is 0.219. The van der Waals surface area contributed by atoms with Gasteiger partial charge < -0.3 is 10.0 Å². The van der Waals surface area contributed by atoms with Gasteiger partial charge in [-0.2, -0.15) is 0 Å². The van der Waals surface area contributed by atoms with Crippen LogP contribution in [0.1, 0.15) is 26.3 Å². The lowest BCUT2D eigenvalue weighted by Gasteiger charge is -2.26. The molecule has 0 fully saturated rings. The molecule has 0 aliphatic heterocycles. The number of phenolic OH excluding ortho intramolecular Hbond substituents is 1. The van der Waals surface area contributed by atoms with Gasteiger partial charge >= 0.3 is 0 Å². The van der Waals surface area contributed by atoms with Crippen molar-refractivity contribution in [1.29, 1.82) is 0 Å². The molecule has 2 heteroatoms. The van der Waals surface area contributed by atoms with Crippen molar-refractivity contribution in [1.82, 2.24) is 4.90 Å². The van der Waals surface area contributed by atoms with Gasteiger partial charge in [0.2, 0.25) is 0 Å². The quantitative estimate of drug-likeness (QED) is 0.823. The molecule has 0 amide bonds. The molecule has 1 aromatic carbocycles. The summed E-state index contributed by atoms with van der Waals surface area (Å²) in [6, 6.07) is 7.51. The van der Waals surface area contributed by atoms with Crippen LogP contribution in [-0.4, -0.2) is 23.6 Å². The van der Waals surface area contributed by atoms with Crippen LogP contribution in [0, 0.1) is 5.41 Å². The average molecular weight is 207 g/mol. The molecule has 0 spiro atoms. The molecule has 84 valence electrons. The molecule has 1 rings (SSSR count). The van der Waals surface area contributed by atoms with Crippen LogP contribution in [0.5, 0.6) is 5.75 Å². The van der Waals surface area contributed by atoms with Gasteiger partial charge in [-0.05, 0) is 18.5 Å². The van der Waals surface area contributed by atoms with Crippen molar-refractivity contribution in [2.75, 3.05) is 13.6 Å². The predicted octanol–water partition coefficient (Wildman–Crippen LogP) is 2.87. The Labute approximate surface area is 92.5 Å². The van der Waals surface area contributed by atoms with E-state index in [4.69, 9.17) is 0 Å². The molecule has 0 unspecified atom stereocenters. The van der Waals surface area contributed by atoms with Crippen molar-refractivity contribution in [3.05, 3.63) is 29.8 Å². The van der Waals surface area contributed by atoms with Crippen molar-refractivity contribution in [2.45, 2.75) is 27.3 Å². The minimum absolute atomic E-state index is 0.291. The van der Waals surface area contributed by atoms with Gasteiger partial charge in [0.15, 0.2) is 0 Å². The lowest BCUT2D eigenvalue weighted by Crippen LogP contribution is -2.28. The summed E-state index contributed by atoms with van der Waals surface area (Å²) >= 11 is 0. The molecule has 0 heterocycles. The van der Waals surface area contributed by atoms with E-state index in [9.17, 15) is 5.11 Å². The molecular weight excluding hydrogens is 186 g/mol. The average Bonchev–Trinajstić information content (AvgIpc) is 2.05. The van der Waals surface area contributed by atoms with E-state index in [1.807, 2.05) is 18.2 Å². The Balaban J connectivity index is 2.59. The summed E-state index contributed by atoms with van der Waals surface area (Å²) in [4.78, 5) is 2.23. The molecule has 0 aliphatic rings. The summed E-state index contributed by atoms with van der Waals surface area (Å²) in [5.74, 6) is 0.387. The highest BCUT2D eigenvalue weighted by molar-refractivity contribution is 5.31. The van der Waals surface area contributed by atoms with E-state index in [1.54, 1.807) is 6.07 Å². The highest BCUT2D eigenvalue weighted by Crippen LogP contribution is 2.20. The van der Waals surface area contributed by atoms with Gasteiger partial charge in [-0.15, -0.1) is 0 Å². The van der Waals surface area contributed by atoms with Gasteiger partial charge in [0.05, 0.1) is 0 Å². The fraction of sp³-hybridized carbons (Fsp3) is 0.538. The lowest BCUT2D eigenvalue weighted by atomic mass is 9.96. The predicted molar refractivity (Wildman–Crippen MR) is 63.9 cm³/mol. The van der Waals surface area contributed by atoms with E-state index in [0.29, 0.717) is 11.2 Å². The topological polar surface area (TPSA) is 23.5 Å². The van der Waals surface area contributed by atoms with E-state index < -0.39 is 0 Å². The third kappa shape index (κ3) is 4.34. The van der Waals surface area contributed by atoms with Crippen molar-refractivity contribution in [3.8, 4) is 5.75 Å². The van der Waals surface area contributed by atoms with Crippen molar-refractivity contribution in [2.24, 2.45) is 5.41 Å². The summed E-state index contributed by atoms with van der Waals surface area (Å²) in [5.41, 5.74) is 1.28. The Hall–Kier alpha value is -1.02. The van der Waals surface area contributed by atoms with Crippen molar-refractivity contribution in [3.63, 3.8) is 0 Å². The third-order valence-corrected chi connectivity index (χ3v) is 2.18. The van der Waals surface area contributed by atoms with Gasteiger partial charge in [-0.1, -0.05) is 39.0 Å². The van der Waals surface area contributed by atoms with E-state index in [1.165, 1.54) is 0 Å². The Bertz CT molecular complexity index is 315. The van der Waals surface area contributed by atoms with Crippen molar-refractivity contribution >= 4 is 0 Å². The molecule has 0 radical (unpaired) electrons. The van der Waals surface area contributed by atoms with Crippen LogP contribution in [-0.2, 0) is 6.54 Å². The van der Waals surface area contributed by atoms with E-state index in [0.717, 1.165) is 18.7 Å². The molecule has 0 aliphatic carbocycles. The number of rotatable bonds is 3. The fourth-order valence-corrected chi connectivity index (χ4v) is 1.80. The Kier molecular flexibility index (Phi) is 3.75. The highest BCUT2D eigenvalue weighted by atomic mass is 16.3. The summed E-state index contributed by atoms with van der Waals surface area (Å²) in [6.07, 6.45) is 0. The van der Waals surface area contributed by atoms with Crippen LogP contribution < -0.4 is 0 Å². The second kappa shape index (κ2) is 4.67.